The number of nitrogens with zero attached hydrogens (tertiary/aromatic N) is 5. The first-order chi connectivity index (χ1) is 17.8. The van der Waals surface area contributed by atoms with Gasteiger partial charge in [0, 0.05) is 61.7 Å². The van der Waals surface area contributed by atoms with Gasteiger partial charge in [0.05, 0.1) is 0 Å². The SMILES string of the molecule is c1cnc(C(c2ccc3[nH]c(CN4CCCC4)cc3c2)(N2CCCCCC2)N2CCCCCC2)nc1. The van der Waals surface area contributed by atoms with E-state index in [-0.39, 0.29) is 0 Å². The molecule has 0 aliphatic carbocycles. The summed E-state index contributed by atoms with van der Waals surface area (Å²) < 4.78 is 0. The normalized spacial score (nSPS) is 21.6. The van der Waals surface area contributed by atoms with E-state index in [0.717, 1.165) is 38.5 Å². The van der Waals surface area contributed by atoms with Gasteiger partial charge in [0.2, 0.25) is 0 Å². The Balaban J connectivity index is 1.48. The van der Waals surface area contributed by atoms with Crippen molar-refractivity contribution in [1.29, 1.82) is 0 Å². The van der Waals surface area contributed by atoms with Crippen LogP contribution in [-0.2, 0) is 12.2 Å². The van der Waals surface area contributed by atoms with E-state index in [2.05, 4.69) is 43.9 Å². The third-order valence-corrected chi connectivity index (χ3v) is 8.68. The summed E-state index contributed by atoms with van der Waals surface area (Å²) in [5.74, 6) is 0.945. The second-order valence-corrected chi connectivity index (χ2v) is 11.1. The zero-order valence-corrected chi connectivity index (χ0v) is 21.8. The lowest BCUT2D eigenvalue weighted by Gasteiger charge is -2.50. The Kier molecular flexibility index (Phi) is 7.35. The van der Waals surface area contributed by atoms with Crippen LogP contribution in [0.15, 0.2) is 42.7 Å². The second-order valence-electron chi connectivity index (χ2n) is 11.1. The van der Waals surface area contributed by atoms with E-state index in [1.165, 1.54) is 99.5 Å². The van der Waals surface area contributed by atoms with E-state index < -0.39 is 5.66 Å². The maximum absolute atomic E-state index is 4.98. The van der Waals surface area contributed by atoms with E-state index in [1.54, 1.807) is 0 Å². The van der Waals surface area contributed by atoms with Crippen LogP contribution >= 0.6 is 0 Å². The Labute approximate surface area is 216 Å². The molecule has 36 heavy (non-hydrogen) atoms. The molecule has 3 aromatic rings. The van der Waals surface area contributed by atoms with Gasteiger partial charge >= 0.3 is 0 Å². The minimum Gasteiger partial charge on any atom is -0.357 e. The van der Waals surface area contributed by atoms with Gasteiger partial charge in [-0.15, -0.1) is 0 Å². The van der Waals surface area contributed by atoms with Crippen LogP contribution in [-0.4, -0.2) is 68.9 Å². The number of benzene rings is 1. The molecule has 5 heterocycles. The van der Waals surface area contributed by atoms with E-state index in [0.29, 0.717) is 0 Å². The number of likely N-dealkylation sites (tertiary alicyclic amines) is 3. The number of rotatable bonds is 6. The predicted octanol–water partition coefficient (Wildman–Crippen LogP) is 5.51. The lowest BCUT2D eigenvalue weighted by atomic mass is 9.91. The predicted molar refractivity (Wildman–Crippen MR) is 146 cm³/mol. The molecule has 0 atom stereocenters. The van der Waals surface area contributed by atoms with Crippen molar-refractivity contribution in [1.82, 2.24) is 29.7 Å². The molecular weight excluding hydrogens is 444 g/mol. The number of aromatic nitrogens is 3. The van der Waals surface area contributed by atoms with E-state index in [9.17, 15) is 0 Å². The van der Waals surface area contributed by atoms with Crippen molar-refractivity contribution in [2.75, 3.05) is 39.3 Å². The van der Waals surface area contributed by atoms with E-state index in [4.69, 9.17) is 9.97 Å². The molecule has 3 aliphatic rings. The largest absolute Gasteiger partial charge is 0.357 e. The van der Waals surface area contributed by atoms with Gasteiger partial charge in [-0.2, -0.15) is 0 Å². The summed E-state index contributed by atoms with van der Waals surface area (Å²) in [6, 6.07) is 11.5. The van der Waals surface area contributed by atoms with Crippen molar-refractivity contribution in [3.8, 4) is 0 Å². The van der Waals surface area contributed by atoms with Crippen molar-refractivity contribution >= 4 is 10.9 Å². The first kappa shape index (κ1) is 24.1. The summed E-state index contributed by atoms with van der Waals surface area (Å²) in [5, 5.41) is 1.31. The summed E-state index contributed by atoms with van der Waals surface area (Å²) >= 11 is 0. The maximum atomic E-state index is 4.98. The molecule has 0 radical (unpaired) electrons. The number of hydrogen-bond donors (Lipinski definition) is 1. The average Bonchev–Trinajstić information content (AvgIpc) is 3.36. The summed E-state index contributed by atoms with van der Waals surface area (Å²) in [4.78, 5) is 21.7. The fourth-order valence-corrected chi connectivity index (χ4v) is 6.92. The van der Waals surface area contributed by atoms with Crippen molar-refractivity contribution in [3.63, 3.8) is 0 Å². The van der Waals surface area contributed by atoms with Crippen molar-refractivity contribution < 1.29 is 0 Å². The van der Waals surface area contributed by atoms with Crippen LogP contribution in [0.4, 0.5) is 0 Å². The van der Waals surface area contributed by atoms with Gasteiger partial charge in [-0.3, -0.25) is 14.7 Å². The standard InChI is InChI=1S/C30H42N6/c1-2-6-19-35(18-5-1)30(29-31-14-11-15-32-29,36-20-7-3-4-8-21-36)26-12-13-28-25(22-26)23-27(33-28)24-34-16-9-10-17-34/h11-15,22-23,33H,1-10,16-21,24H2. The minimum absolute atomic E-state index is 0.420. The van der Waals surface area contributed by atoms with Gasteiger partial charge in [0.15, 0.2) is 11.5 Å². The Bertz CT molecular complexity index is 1080. The number of aromatic amines is 1. The Hall–Kier alpha value is -2.28. The zero-order valence-electron chi connectivity index (χ0n) is 21.8. The molecule has 0 saturated carbocycles. The summed E-state index contributed by atoms with van der Waals surface area (Å²) in [6.45, 7) is 7.85. The van der Waals surface area contributed by atoms with Gasteiger partial charge in [0.25, 0.3) is 0 Å². The number of nitrogens with one attached hydrogen (secondary N) is 1. The minimum atomic E-state index is -0.420. The van der Waals surface area contributed by atoms with Gasteiger partial charge in [0.1, 0.15) is 0 Å². The molecule has 0 unspecified atom stereocenters. The van der Waals surface area contributed by atoms with Crippen LogP contribution in [0.3, 0.4) is 0 Å². The van der Waals surface area contributed by atoms with Gasteiger partial charge in [-0.25, -0.2) is 9.97 Å². The monoisotopic (exact) mass is 486 g/mol. The molecule has 6 rings (SSSR count). The third-order valence-electron chi connectivity index (χ3n) is 8.68. The van der Waals surface area contributed by atoms with E-state index >= 15 is 0 Å². The molecule has 2 aromatic heterocycles. The number of fused-ring (bicyclic) bond motifs is 1. The van der Waals surface area contributed by atoms with Crippen LogP contribution in [0.1, 0.15) is 81.3 Å². The molecule has 192 valence electrons. The third kappa shape index (κ3) is 4.71. The highest BCUT2D eigenvalue weighted by Gasteiger charge is 2.48. The first-order valence-corrected chi connectivity index (χ1v) is 14.5. The van der Waals surface area contributed by atoms with Crippen molar-refractivity contribution in [2.24, 2.45) is 0 Å². The molecule has 0 spiro atoms. The van der Waals surface area contributed by atoms with Crippen molar-refractivity contribution in [3.05, 3.63) is 59.8 Å². The molecule has 6 heteroatoms. The molecular formula is C30H42N6. The van der Waals surface area contributed by atoms with Gasteiger partial charge in [-0.05, 0) is 81.4 Å². The Morgan fingerprint density at radius 2 is 1.28 bits per heavy atom. The number of hydrogen-bond acceptors (Lipinski definition) is 5. The number of H-pyrrole nitrogens is 1. The van der Waals surface area contributed by atoms with Gasteiger partial charge in [-0.1, -0.05) is 31.7 Å². The fraction of sp³-hybridized carbons (Fsp3) is 0.600. The Morgan fingerprint density at radius 3 is 1.89 bits per heavy atom. The molecule has 0 amide bonds. The molecule has 6 nitrogen and oxygen atoms in total. The average molecular weight is 487 g/mol. The summed E-state index contributed by atoms with van der Waals surface area (Å²) in [7, 11) is 0. The smallest absolute Gasteiger partial charge is 0.168 e. The highest BCUT2D eigenvalue weighted by Crippen LogP contribution is 2.41. The first-order valence-electron chi connectivity index (χ1n) is 14.5. The highest BCUT2D eigenvalue weighted by molar-refractivity contribution is 5.81. The fourth-order valence-electron chi connectivity index (χ4n) is 6.92. The molecule has 0 bridgehead atoms. The Morgan fingerprint density at radius 1 is 0.694 bits per heavy atom. The zero-order chi connectivity index (χ0) is 24.2. The van der Waals surface area contributed by atoms with E-state index in [1.807, 2.05) is 18.5 Å². The molecule has 1 N–H and O–H groups in total. The van der Waals surface area contributed by atoms with Crippen LogP contribution in [0.2, 0.25) is 0 Å². The molecule has 1 aromatic carbocycles. The lowest BCUT2D eigenvalue weighted by Crippen LogP contribution is -2.60. The molecule has 3 aliphatic heterocycles. The second kappa shape index (κ2) is 11.0. The maximum Gasteiger partial charge on any atom is 0.168 e. The summed E-state index contributed by atoms with van der Waals surface area (Å²) in [6.07, 6.45) is 16.8. The summed E-state index contributed by atoms with van der Waals surface area (Å²) in [5.41, 5.74) is 3.48. The molecule has 3 saturated heterocycles. The van der Waals surface area contributed by atoms with Crippen LogP contribution in [0.25, 0.3) is 10.9 Å². The van der Waals surface area contributed by atoms with Gasteiger partial charge < -0.3 is 4.98 Å². The van der Waals surface area contributed by atoms with Crippen LogP contribution < -0.4 is 0 Å². The molecule has 3 fully saturated rings. The highest BCUT2D eigenvalue weighted by atomic mass is 15.4. The lowest BCUT2D eigenvalue weighted by molar-refractivity contribution is -0.0373. The quantitative estimate of drug-likeness (QED) is 0.498. The van der Waals surface area contributed by atoms with Crippen LogP contribution in [0, 0.1) is 0 Å². The topological polar surface area (TPSA) is 51.3 Å². The van der Waals surface area contributed by atoms with Crippen molar-refractivity contribution in [2.45, 2.75) is 76.4 Å². The van der Waals surface area contributed by atoms with Crippen LogP contribution in [0.5, 0.6) is 0 Å².